The van der Waals surface area contributed by atoms with Crippen LogP contribution in [0.3, 0.4) is 0 Å². The maximum atomic E-state index is 11.9. The number of rotatable bonds is 6. The minimum absolute atomic E-state index is 0.133. The highest BCUT2D eigenvalue weighted by molar-refractivity contribution is 5.90. The number of hydrogen-bond donors (Lipinski definition) is 0. The van der Waals surface area contributed by atoms with E-state index in [-0.39, 0.29) is 11.7 Å². The fourth-order valence-corrected chi connectivity index (χ4v) is 2.53. The maximum Gasteiger partial charge on any atom is 0.219 e. The summed E-state index contributed by atoms with van der Waals surface area (Å²) >= 11 is 0. The Morgan fingerprint density at radius 3 is 2.39 bits per heavy atom. The highest BCUT2D eigenvalue weighted by Crippen LogP contribution is 2.04. The Kier molecular flexibility index (Phi) is 6.76. The van der Waals surface area contributed by atoms with Gasteiger partial charge in [-0.1, -0.05) is 48.6 Å². The van der Waals surface area contributed by atoms with Crippen molar-refractivity contribution < 1.29 is 9.59 Å². The Hall–Kier alpha value is -2.20. The number of ketones is 1. The average Bonchev–Trinajstić information content (AvgIpc) is 2.58. The fourth-order valence-electron chi connectivity index (χ4n) is 2.53. The van der Waals surface area contributed by atoms with Crippen LogP contribution in [-0.4, -0.2) is 54.2 Å². The second kappa shape index (κ2) is 9.06. The molecule has 1 heterocycles. The van der Waals surface area contributed by atoms with Crippen molar-refractivity contribution in [1.29, 1.82) is 0 Å². The van der Waals surface area contributed by atoms with Gasteiger partial charge in [0.1, 0.15) is 0 Å². The van der Waals surface area contributed by atoms with Crippen molar-refractivity contribution in [2.24, 2.45) is 0 Å². The second-order valence-electron chi connectivity index (χ2n) is 5.69. The molecule has 0 radical (unpaired) electrons. The lowest BCUT2D eigenvalue weighted by Gasteiger charge is -2.33. The molecule has 1 aromatic rings. The Bertz CT molecular complexity index is 570. The van der Waals surface area contributed by atoms with Gasteiger partial charge >= 0.3 is 0 Å². The van der Waals surface area contributed by atoms with Crippen LogP contribution >= 0.6 is 0 Å². The minimum Gasteiger partial charge on any atom is -0.340 e. The van der Waals surface area contributed by atoms with Gasteiger partial charge < -0.3 is 4.90 Å². The molecule has 4 nitrogen and oxygen atoms in total. The van der Waals surface area contributed by atoms with E-state index in [0.29, 0.717) is 6.42 Å². The van der Waals surface area contributed by atoms with Crippen LogP contribution in [0.25, 0.3) is 6.08 Å². The zero-order valence-corrected chi connectivity index (χ0v) is 13.6. The molecule has 0 saturated carbocycles. The van der Waals surface area contributed by atoms with Crippen LogP contribution in [0.15, 0.2) is 48.6 Å². The summed E-state index contributed by atoms with van der Waals surface area (Å²) in [7, 11) is 0. The van der Waals surface area contributed by atoms with Gasteiger partial charge in [-0.25, -0.2) is 0 Å². The van der Waals surface area contributed by atoms with Crippen molar-refractivity contribution >= 4 is 17.8 Å². The molecular formula is C19H24N2O2. The Morgan fingerprint density at radius 2 is 1.74 bits per heavy atom. The number of allylic oxidation sites excluding steroid dienone is 3. The Balaban J connectivity index is 1.66. The van der Waals surface area contributed by atoms with E-state index in [1.54, 1.807) is 19.1 Å². The van der Waals surface area contributed by atoms with E-state index < -0.39 is 0 Å². The highest BCUT2D eigenvalue weighted by atomic mass is 16.2. The molecule has 0 aromatic heterocycles. The first-order valence-electron chi connectivity index (χ1n) is 8.05. The molecule has 1 aromatic carbocycles. The smallest absolute Gasteiger partial charge is 0.219 e. The van der Waals surface area contributed by atoms with E-state index in [1.165, 1.54) is 0 Å². The zero-order valence-electron chi connectivity index (χ0n) is 13.6. The van der Waals surface area contributed by atoms with Crippen LogP contribution < -0.4 is 0 Å². The van der Waals surface area contributed by atoms with Crippen molar-refractivity contribution in [3.63, 3.8) is 0 Å². The summed E-state index contributed by atoms with van der Waals surface area (Å²) < 4.78 is 0. The number of piperazine rings is 1. The van der Waals surface area contributed by atoms with Crippen molar-refractivity contribution in [3.8, 4) is 0 Å². The maximum absolute atomic E-state index is 11.9. The van der Waals surface area contributed by atoms with Crippen molar-refractivity contribution in [2.75, 3.05) is 32.7 Å². The van der Waals surface area contributed by atoms with Crippen LogP contribution in [-0.2, 0) is 9.59 Å². The van der Waals surface area contributed by atoms with Gasteiger partial charge in [-0.2, -0.15) is 0 Å². The van der Waals surface area contributed by atoms with Gasteiger partial charge in [0.15, 0.2) is 5.78 Å². The average molecular weight is 312 g/mol. The van der Waals surface area contributed by atoms with E-state index in [4.69, 9.17) is 0 Å². The monoisotopic (exact) mass is 312 g/mol. The third kappa shape index (κ3) is 6.20. The lowest BCUT2D eigenvalue weighted by atomic mass is 10.2. The van der Waals surface area contributed by atoms with E-state index >= 15 is 0 Å². The van der Waals surface area contributed by atoms with E-state index in [1.807, 2.05) is 47.4 Å². The summed E-state index contributed by atoms with van der Waals surface area (Å²) in [6, 6.07) is 9.99. The molecule has 0 atom stereocenters. The molecule has 1 aliphatic rings. The molecule has 1 amide bonds. The summed E-state index contributed by atoms with van der Waals surface area (Å²) in [5, 5.41) is 0. The topological polar surface area (TPSA) is 40.6 Å². The van der Waals surface area contributed by atoms with E-state index in [2.05, 4.69) is 4.90 Å². The molecule has 4 heteroatoms. The first kappa shape index (κ1) is 17.2. The number of nitrogens with zero attached hydrogens (tertiary/aromatic N) is 2. The lowest BCUT2D eigenvalue weighted by Crippen LogP contribution is -2.48. The van der Waals surface area contributed by atoms with Crippen LogP contribution in [0.5, 0.6) is 0 Å². The van der Waals surface area contributed by atoms with Gasteiger partial charge in [0.25, 0.3) is 0 Å². The first-order valence-corrected chi connectivity index (χ1v) is 8.05. The third-order valence-electron chi connectivity index (χ3n) is 3.97. The van der Waals surface area contributed by atoms with Gasteiger partial charge in [-0.15, -0.1) is 0 Å². The van der Waals surface area contributed by atoms with Gasteiger partial charge in [-0.05, 0) is 11.6 Å². The highest BCUT2D eigenvalue weighted by Gasteiger charge is 2.18. The molecule has 1 fully saturated rings. The van der Waals surface area contributed by atoms with Crippen LogP contribution in [0, 0.1) is 0 Å². The molecule has 2 rings (SSSR count). The summed E-state index contributed by atoms with van der Waals surface area (Å²) in [6.45, 7) is 5.59. The Labute approximate surface area is 138 Å². The molecule has 1 saturated heterocycles. The molecule has 23 heavy (non-hydrogen) atoms. The van der Waals surface area contributed by atoms with E-state index in [0.717, 1.165) is 38.3 Å². The molecule has 0 bridgehead atoms. The molecule has 0 spiro atoms. The van der Waals surface area contributed by atoms with Gasteiger partial charge in [-0.3, -0.25) is 14.5 Å². The normalized spacial score (nSPS) is 16.3. The van der Waals surface area contributed by atoms with Crippen molar-refractivity contribution in [2.45, 2.75) is 13.3 Å². The molecular weight excluding hydrogens is 288 g/mol. The number of hydrogen-bond acceptors (Lipinski definition) is 3. The number of amides is 1. The third-order valence-corrected chi connectivity index (χ3v) is 3.97. The fraction of sp³-hybridized carbons (Fsp3) is 0.368. The quantitative estimate of drug-likeness (QED) is 0.598. The zero-order chi connectivity index (χ0) is 16.5. The molecule has 1 aliphatic heterocycles. The first-order chi connectivity index (χ1) is 11.1. The minimum atomic E-state index is 0.133. The SMILES string of the molecule is CC(=O)N1CCN(CCC(=O)/C=C/C=C/c2ccccc2)CC1. The van der Waals surface area contributed by atoms with Crippen LogP contribution in [0.4, 0.5) is 0 Å². The predicted octanol–water partition coefficient (Wildman–Crippen LogP) is 2.38. The van der Waals surface area contributed by atoms with Gasteiger partial charge in [0.2, 0.25) is 5.91 Å². The summed E-state index contributed by atoms with van der Waals surface area (Å²) in [4.78, 5) is 27.2. The van der Waals surface area contributed by atoms with Gasteiger partial charge in [0.05, 0.1) is 0 Å². The van der Waals surface area contributed by atoms with E-state index in [9.17, 15) is 9.59 Å². The number of benzene rings is 1. The predicted molar refractivity (Wildman–Crippen MR) is 92.9 cm³/mol. The van der Waals surface area contributed by atoms with Crippen LogP contribution in [0.1, 0.15) is 18.9 Å². The summed E-state index contributed by atoms with van der Waals surface area (Å²) in [5.74, 6) is 0.269. The Morgan fingerprint density at radius 1 is 1.04 bits per heavy atom. The van der Waals surface area contributed by atoms with Gasteiger partial charge in [0, 0.05) is 46.1 Å². The van der Waals surface area contributed by atoms with Crippen LogP contribution in [0.2, 0.25) is 0 Å². The van der Waals surface area contributed by atoms with Crippen molar-refractivity contribution in [1.82, 2.24) is 9.80 Å². The largest absolute Gasteiger partial charge is 0.340 e. The molecule has 0 unspecified atom stereocenters. The van der Waals surface area contributed by atoms with Crippen molar-refractivity contribution in [3.05, 3.63) is 54.1 Å². The summed E-state index contributed by atoms with van der Waals surface area (Å²) in [6.07, 6.45) is 7.81. The summed E-state index contributed by atoms with van der Waals surface area (Å²) in [5.41, 5.74) is 1.12. The molecule has 0 N–H and O–H groups in total. The number of carbonyl (C=O) groups is 2. The standard InChI is InChI=1S/C19H24N2O2/c1-17(22)21-15-13-20(14-16-21)12-11-19(23)10-6-5-9-18-7-3-2-4-8-18/h2-10H,11-16H2,1H3/b9-5+,10-6+. The molecule has 122 valence electrons. The molecule has 0 aliphatic carbocycles. The second-order valence-corrected chi connectivity index (χ2v) is 5.69. The number of carbonyl (C=O) groups excluding carboxylic acids is 2. The lowest BCUT2D eigenvalue weighted by molar-refractivity contribution is -0.130.